The molecule has 1 aromatic carbocycles. The Morgan fingerprint density at radius 2 is 2.00 bits per heavy atom. The van der Waals surface area contributed by atoms with Crippen LogP contribution in [0.5, 0.6) is 0 Å². The van der Waals surface area contributed by atoms with E-state index in [1.165, 1.54) is 0 Å². The SMILES string of the molecule is O=C(Cc1ccccc1)OCC(O)CO. The Labute approximate surface area is 88.1 Å². The summed E-state index contributed by atoms with van der Waals surface area (Å²) in [6.07, 6.45) is -0.816. The van der Waals surface area contributed by atoms with Gasteiger partial charge in [0.15, 0.2) is 0 Å². The largest absolute Gasteiger partial charge is 0.463 e. The van der Waals surface area contributed by atoms with E-state index < -0.39 is 18.7 Å². The third-order valence-corrected chi connectivity index (χ3v) is 1.84. The van der Waals surface area contributed by atoms with Crippen molar-refractivity contribution in [2.45, 2.75) is 12.5 Å². The van der Waals surface area contributed by atoms with E-state index in [0.29, 0.717) is 0 Å². The minimum Gasteiger partial charge on any atom is -0.463 e. The van der Waals surface area contributed by atoms with E-state index in [2.05, 4.69) is 0 Å². The van der Waals surface area contributed by atoms with Crippen molar-refractivity contribution in [2.24, 2.45) is 0 Å². The zero-order chi connectivity index (χ0) is 11.1. The first-order valence-electron chi connectivity index (χ1n) is 4.71. The minimum absolute atomic E-state index is 0.165. The molecule has 4 nitrogen and oxygen atoms in total. The molecule has 0 fully saturated rings. The number of hydrogen-bond acceptors (Lipinski definition) is 4. The number of ether oxygens (including phenoxy) is 1. The van der Waals surface area contributed by atoms with Crippen LogP contribution in [0.25, 0.3) is 0 Å². The van der Waals surface area contributed by atoms with Gasteiger partial charge in [-0.15, -0.1) is 0 Å². The van der Waals surface area contributed by atoms with Crippen LogP contribution < -0.4 is 0 Å². The fraction of sp³-hybridized carbons (Fsp3) is 0.364. The summed E-state index contributed by atoms with van der Waals surface area (Å²) in [7, 11) is 0. The maximum absolute atomic E-state index is 11.2. The highest BCUT2D eigenvalue weighted by Crippen LogP contribution is 2.00. The molecule has 4 heteroatoms. The molecule has 0 aromatic heterocycles. The van der Waals surface area contributed by atoms with Gasteiger partial charge in [-0.25, -0.2) is 0 Å². The van der Waals surface area contributed by atoms with E-state index in [1.54, 1.807) is 0 Å². The Kier molecular flexibility index (Phi) is 4.80. The molecule has 0 amide bonds. The Hall–Kier alpha value is -1.39. The topological polar surface area (TPSA) is 66.8 Å². The molecule has 0 aliphatic rings. The van der Waals surface area contributed by atoms with Gasteiger partial charge >= 0.3 is 5.97 Å². The second-order valence-corrected chi connectivity index (χ2v) is 3.18. The van der Waals surface area contributed by atoms with Gasteiger partial charge in [0.25, 0.3) is 0 Å². The maximum Gasteiger partial charge on any atom is 0.310 e. The average molecular weight is 210 g/mol. The lowest BCUT2D eigenvalue weighted by Gasteiger charge is -2.08. The van der Waals surface area contributed by atoms with E-state index in [9.17, 15) is 4.79 Å². The summed E-state index contributed by atoms with van der Waals surface area (Å²) in [6.45, 7) is -0.569. The Balaban J connectivity index is 2.31. The molecule has 1 atom stereocenters. The molecule has 0 spiro atoms. The van der Waals surface area contributed by atoms with Gasteiger partial charge in [-0.05, 0) is 5.56 Å². The molecular formula is C11H14O4. The number of hydrogen-bond donors (Lipinski definition) is 2. The first-order valence-corrected chi connectivity index (χ1v) is 4.71. The Bertz CT molecular complexity index is 297. The van der Waals surface area contributed by atoms with E-state index in [0.717, 1.165) is 5.56 Å². The lowest BCUT2D eigenvalue weighted by Crippen LogP contribution is -2.22. The molecule has 0 bridgehead atoms. The highest BCUT2D eigenvalue weighted by Gasteiger charge is 2.08. The molecule has 0 aliphatic heterocycles. The van der Waals surface area contributed by atoms with Gasteiger partial charge in [-0.1, -0.05) is 30.3 Å². The molecule has 1 rings (SSSR count). The zero-order valence-electron chi connectivity index (χ0n) is 8.30. The standard InChI is InChI=1S/C11H14O4/c12-7-10(13)8-15-11(14)6-9-4-2-1-3-5-9/h1-5,10,12-13H,6-8H2. The van der Waals surface area contributed by atoms with Crippen molar-refractivity contribution in [3.8, 4) is 0 Å². The van der Waals surface area contributed by atoms with Crippen molar-refractivity contribution in [2.75, 3.05) is 13.2 Å². The number of carbonyl (C=O) groups excluding carboxylic acids is 1. The van der Waals surface area contributed by atoms with Crippen LogP contribution in [0.4, 0.5) is 0 Å². The van der Waals surface area contributed by atoms with Gasteiger partial charge < -0.3 is 14.9 Å². The Morgan fingerprint density at radius 1 is 1.33 bits per heavy atom. The predicted molar refractivity (Wildman–Crippen MR) is 54.2 cm³/mol. The van der Waals surface area contributed by atoms with Crippen LogP contribution in [0.15, 0.2) is 30.3 Å². The van der Waals surface area contributed by atoms with Gasteiger partial charge in [0.05, 0.1) is 13.0 Å². The first kappa shape index (κ1) is 11.7. The van der Waals surface area contributed by atoms with Gasteiger partial charge in [0.2, 0.25) is 0 Å². The number of esters is 1. The molecule has 2 N–H and O–H groups in total. The Morgan fingerprint density at radius 3 is 2.60 bits per heavy atom. The first-order chi connectivity index (χ1) is 7.22. The van der Waals surface area contributed by atoms with E-state index in [-0.39, 0.29) is 13.0 Å². The van der Waals surface area contributed by atoms with Crippen LogP contribution in [0.1, 0.15) is 5.56 Å². The monoisotopic (exact) mass is 210 g/mol. The highest BCUT2D eigenvalue weighted by molar-refractivity contribution is 5.72. The fourth-order valence-electron chi connectivity index (χ4n) is 1.06. The summed E-state index contributed by atoms with van der Waals surface area (Å²) in [4.78, 5) is 11.2. The van der Waals surface area contributed by atoms with Crippen molar-refractivity contribution in [3.63, 3.8) is 0 Å². The van der Waals surface area contributed by atoms with Gasteiger partial charge in [0.1, 0.15) is 12.7 Å². The number of aliphatic hydroxyl groups is 2. The fourth-order valence-corrected chi connectivity index (χ4v) is 1.06. The van der Waals surface area contributed by atoms with Gasteiger partial charge in [-0.2, -0.15) is 0 Å². The van der Waals surface area contributed by atoms with E-state index >= 15 is 0 Å². The summed E-state index contributed by atoms with van der Waals surface area (Å²) in [5.41, 5.74) is 0.862. The van der Waals surface area contributed by atoms with Crippen molar-refractivity contribution < 1.29 is 19.7 Å². The van der Waals surface area contributed by atoms with Crippen molar-refractivity contribution in [1.29, 1.82) is 0 Å². The summed E-state index contributed by atoms with van der Waals surface area (Å²) < 4.78 is 4.75. The summed E-state index contributed by atoms with van der Waals surface area (Å²) in [5.74, 6) is -0.409. The van der Waals surface area contributed by atoms with E-state index in [1.807, 2.05) is 30.3 Å². The predicted octanol–water partition coefficient (Wildman–Crippen LogP) is 0.125. The van der Waals surface area contributed by atoms with Crippen LogP contribution in [-0.4, -0.2) is 35.5 Å². The average Bonchev–Trinajstić information content (AvgIpc) is 2.27. The second-order valence-electron chi connectivity index (χ2n) is 3.18. The molecule has 0 saturated carbocycles. The van der Waals surface area contributed by atoms with Crippen LogP contribution >= 0.6 is 0 Å². The van der Waals surface area contributed by atoms with Crippen LogP contribution in [0.3, 0.4) is 0 Å². The van der Waals surface area contributed by atoms with Crippen LogP contribution in [-0.2, 0) is 16.0 Å². The molecule has 1 unspecified atom stereocenters. The number of carbonyl (C=O) groups is 1. The summed E-state index contributed by atoms with van der Waals surface area (Å²) >= 11 is 0. The summed E-state index contributed by atoms with van der Waals surface area (Å²) in [6, 6.07) is 9.19. The molecule has 0 radical (unpaired) electrons. The molecular weight excluding hydrogens is 196 g/mol. The molecule has 0 saturated heterocycles. The molecule has 15 heavy (non-hydrogen) atoms. The molecule has 0 heterocycles. The summed E-state index contributed by atoms with van der Waals surface area (Å²) in [5, 5.41) is 17.4. The maximum atomic E-state index is 11.2. The smallest absolute Gasteiger partial charge is 0.310 e. The number of aliphatic hydroxyl groups excluding tert-OH is 2. The molecule has 0 aliphatic carbocycles. The zero-order valence-corrected chi connectivity index (χ0v) is 8.30. The molecule has 82 valence electrons. The second kappa shape index (κ2) is 6.16. The van der Waals surface area contributed by atoms with Crippen LogP contribution in [0, 0.1) is 0 Å². The number of rotatable bonds is 5. The van der Waals surface area contributed by atoms with E-state index in [4.69, 9.17) is 14.9 Å². The lowest BCUT2D eigenvalue weighted by atomic mass is 10.2. The van der Waals surface area contributed by atoms with Crippen molar-refractivity contribution in [3.05, 3.63) is 35.9 Å². The third-order valence-electron chi connectivity index (χ3n) is 1.84. The third kappa shape index (κ3) is 4.58. The van der Waals surface area contributed by atoms with Crippen LogP contribution in [0.2, 0.25) is 0 Å². The number of benzene rings is 1. The van der Waals surface area contributed by atoms with Gasteiger partial charge in [-0.3, -0.25) is 4.79 Å². The van der Waals surface area contributed by atoms with Crippen molar-refractivity contribution >= 4 is 5.97 Å². The molecule has 1 aromatic rings. The highest BCUT2D eigenvalue weighted by atomic mass is 16.5. The van der Waals surface area contributed by atoms with Gasteiger partial charge in [0, 0.05) is 0 Å². The normalized spacial score (nSPS) is 12.1. The minimum atomic E-state index is -0.996. The lowest BCUT2D eigenvalue weighted by molar-refractivity contribution is -0.146. The van der Waals surface area contributed by atoms with Crippen molar-refractivity contribution in [1.82, 2.24) is 0 Å². The quantitative estimate of drug-likeness (QED) is 0.678.